The van der Waals surface area contributed by atoms with Crippen LogP contribution in [-0.2, 0) is 4.79 Å². The lowest BCUT2D eigenvalue weighted by Crippen LogP contribution is -2.18. The minimum absolute atomic E-state index is 0.0914. The average molecular weight is 437 g/mol. The Kier molecular flexibility index (Phi) is 5.87. The third-order valence-electron chi connectivity index (χ3n) is 4.08. The number of carbonyl (C=O) groups excluding carboxylic acids is 2. The number of primary amides is 1. The maximum absolute atomic E-state index is 12.4. The molecule has 150 valence electrons. The van der Waals surface area contributed by atoms with Gasteiger partial charge in [-0.1, -0.05) is 30.0 Å². The summed E-state index contributed by atoms with van der Waals surface area (Å²) in [7, 11) is 0. The molecule has 8 nitrogen and oxygen atoms in total. The van der Waals surface area contributed by atoms with Gasteiger partial charge in [-0.05, 0) is 35.7 Å². The van der Waals surface area contributed by atoms with Gasteiger partial charge in [0, 0.05) is 23.6 Å². The van der Waals surface area contributed by atoms with Crippen molar-refractivity contribution in [2.75, 3.05) is 11.1 Å². The summed E-state index contributed by atoms with van der Waals surface area (Å²) in [6.45, 7) is 0. The number of anilines is 1. The van der Waals surface area contributed by atoms with Gasteiger partial charge >= 0.3 is 0 Å². The summed E-state index contributed by atoms with van der Waals surface area (Å²) in [6.07, 6.45) is 3.41. The Morgan fingerprint density at radius 3 is 2.67 bits per heavy atom. The number of hydrogen-bond donors (Lipinski definition) is 2. The number of carbonyl (C=O) groups is 2. The number of amides is 2. The van der Waals surface area contributed by atoms with Gasteiger partial charge in [0.1, 0.15) is 5.00 Å². The lowest BCUT2D eigenvalue weighted by molar-refractivity contribution is -0.113. The van der Waals surface area contributed by atoms with E-state index in [2.05, 4.69) is 20.5 Å². The fourth-order valence-electron chi connectivity index (χ4n) is 2.75. The Hall–Kier alpha value is -3.50. The highest BCUT2D eigenvalue weighted by molar-refractivity contribution is 7.99. The van der Waals surface area contributed by atoms with Crippen LogP contribution in [0.15, 0.2) is 71.5 Å². The van der Waals surface area contributed by atoms with E-state index >= 15 is 0 Å². The van der Waals surface area contributed by atoms with Gasteiger partial charge in [-0.3, -0.25) is 19.1 Å². The first-order chi connectivity index (χ1) is 14.6. The fraction of sp³-hybridized carbons (Fsp3) is 0.0500. The molecule has 0 aliphatic heterocycles. The van der Waals surface area contributed by atoms with Crippen molar-refractivity contribution in [2.24, 2.45) is 5.73 Å². The SMILES string of the molecule is NC(=O)c1ccsc1NC(=O)CSc1nnc(-c2cccnc2)n1-c1ccccc1. The molecule has 0 bridgehead atoms. The van der Waals surface area contributed by atoms with Crippen molar-refractivity contribution < 1.29 is 9.59 Å². The maximum atomic E-state index is 12.4. The molecule has 4 rings (SSSR count). The van der Waals surface area contributed by atoms with Gasteiger partial charge in [-0.15, -0.1) is 21.5 Å². The number of benzene rings is 1. The number of nitrogens with one attached hydrogen (secondary N) is 1. The van der Waals surface area contributed by atoms with Crippen LogP contribution in [0.2, 0.25) is 0 Å². The highest BCUT2D eigenvalue weighted by Gasteiger charge is 2.18. The average Bonchev–Trinajstić information content (AvgIpc) is 3.40. The minimum Gasteiger partial charge on any atom is -0.366 e. The Morgan fingerprint density at radius 2 is 1.93 bits per heavy atom. The highest BCUT2D eigenvalue weighted by Crippen LogP contribution is 2.28. The van der Waals surface area contributed by atoms with Gasteiger partial charge in [-0.2, -0.15) is 0 Å². The standard InChI is InChI=1S/C20H16N6O2S2/c21-17(28)15-8-10-29-19(15)23-16(27)12-30-20-25-24-18(13-5-4-9-22-11-13)26(20)14-6-2-1-3-7-14/h1-11H,12H2,(H2,21,28)(H,23,27). The number of rotatable bonds is 7. The van der Waals surface area contributed by atoms with Crippen LogP contribution in [0.25, 0.3) is 17.1 Å². The van der Waals surface area contributed by atoms with E-state index in [0.29, 0.717) is 21.5 Å². The molecule has 3 aromatic heterocycles. The zero-order valence-electron chi connectivity index (χ0n) is 15.6. The highest BCUT2D eigenvalue weighted by atomic mass is 32.2. The molecule has 10 heteroatoms. The van der Waals surface area contributed by atoms with Crippen LogP contribution in [0.3, 0.4) is 0 Å². The molecule has 0 fully saturated rings. The van der Waals surface area contributed by atoms with Gasteiger partial charge in [0.05, 0.1) is 11.3 Å². The van der Waals surface area contributed by atoms with Crippen molar-refractivity contribution in [1.29, 1.82) is 0 Å². The van der Waals surface area contributed by atoms with E-state index in [1.807, 2.05) is 47.0 Å². The molecule has 0 aliphatic rings. The lowest BCUT2D eigenvalue weighted by Gasteiger charge is -2.10. The molecule has 3 N–H and O–H groups in total. The second-order valence-electron chi connectivity index (χ2n) is 6.08. The monoisotopic (exact) mass is 436 g/mol. The first kappa shape index (κ1) is 19.8. The number of thioether (sulfide) groups is 1. The largest absolute Gasteiger partial charge is 0.366 e. The van der Waals surface area contributed by atoms with Gasteiger partial charge in [0.25, 0.3) is 5.91 Å². The van der Waals surface area contributed by atoms with Crippen LogP contribution in [0.4, 0.5) is 5.00 Å². The molecule has 0 atom stereocenters. The van der Waals surface area contributed by atoms with Crippen molar-refractivity contribution in [3.63, 3.8) is 0 Å². The summed E-state index contributed by atoms with van der Waals surface area (Å²) in [5, 5.41) is 14.0. The molecule has 2 amide bonds. The Balaban J connectivity index is 1.57. The van der Waals surface area contributed by atoms with Crippen LogP contribution >= 0.6 is 23.1 Å². The van der Waals surface area contributed by atoms with E-state index < -0.39 is 5.91 Å². The molecular weight excluding hydrogens is 420 g/mol. The van der Waals surface area contributed by atoms with Gasteiger partial charge < -0.3 is 11.1 Å². The Morgan fingerprint density at radius 1 is 1.10 bits per heavy atom. The third kappa shape index (κ3) is 4.24. The van der Waals surface area contributed by atoms with E-state index in [4.69, 9.17) is 5.73 Å². The van der Waals surface area contributed by atoms with Crippen molar-refractivity contribution in [3.8, 4) is 17.1 Å². The van der Waals surface area contributed by atoms with E-state index in [0.717, 1.165) is 11.3 Å². The summed E-state index contributed by atoms with van der Waals surface area (Å²) < 4.78 is 1.88. The predicted molar refractivity (Wildman–Crippen MR) is 117 cm³/mol. The zero-order chi connectivity index (χ0) is 20.9. The summed E-state index contributed by atoms with van der Waals surface area (Å²) >= 11 is 2.49. The second-order valence-corrected chi connectivity index (χ2v) is 7.94. The first-order valence-electron chi connectivity index (χ1n) is 8.84. The van der Waals surface area contributed by atoms with E-state index in [9.17, 15) is 9.59 Å². The molecule has 30 heavy (non-hydrogen) atoms. The van der Waals surface area contributed by atoms with Crippen LogP contribution < -0.4 is 11.1 Å². The van der Waals surface area contributed by atoms with Crippen LogP contribution in [0.1, 0.15) is 10.4 Å². The third-order valence-corrected chi connectivity index (χ3v) is 5.84. The maximum Gasteiger partial charge on any atom is 0.251 e. The van der Waals surface area contributed by atoms with Crippen LogP contribution in [0.5, 0.6) is 0 Å². The fourth-order valence-corrected chi connectivity index (χ4v) is 4.31. The molecule has 0 spiro atoms. The summed E-state index contributed by atoms with van der Waals surface area (Å²) in [4.78, 5) is 28.0. The van der Waals surface area contributed by atoms with Gasteiger partial charge in [0.15, 0.2) is 11.0 Å². The number of nitrogens with zero attached hydrogens (tertiary/aromatic N) is 4. The number of pyridine rings is 1. The molecule has 0 aliphatic carbocycles. The lowest BCUT2D eigenvalue weighted by atomic mass is 10.2. The van der Waals surface area contributed by atoms with E-state index in [1.54, 1.807) is 23.8 Å². The van der Waals surface area contributed by atoms with E-state index in [1.165, 1.54) is 23.1 Å². The topological polar surface area (TPSA) is 116 Å². The molecule has 0 saturated carbocycles. The quantitative estimate of drug-likeness (QED) is 0.430. The zero-order valence-corrected chi connectivity index (χ0v) is 17.2. The summed E-state index contributed by atoms with van der Waals surface area (Å²) in [5.74, 6) is -0.125. The van der Waals surface area contributed by atoms with E-state index in [-0.39, 0.29) is 11.7 Å². The second kappa shape index (κ2) is 8.89. The molecule has 3 heterocycles. The van der Waals surface area contributed by atoms with Crippen LogP contribution in [0, 0.1) is 0 Å². The smallest absolute Gasteiger partial charge is 0.251 e. The van der Waals surface area contributed by atoms with Crippen molar-refractivity contribution >= 4 is 39.9 Å². The summed E-state index contributed by atoms with van der Waals surface area (Å²) in [5.41, 5.74) is 7.31. The Bertz CT molecular complexity index is 1170. The van der Waals surface area contributed by atoms with Gasteiger partial charge in [0.2, 0.25) is 5.91 Å². The minimum atomic E-state index is -0.580. The van der Waals surface area contributed by atoms with Gasteiger partial charge in [-0.25, -0.2) is 0 Å². The molecule has 0 saturated heterocycles. The Labute approximate surface area is 180 Å². The molecular formula is C20H16N6O2S2. The number of thiophene rings is 1. The van der Waals surface area contributed by atoms with Crippen molar-refractivity contribution in [2.45, 2.75) is 5.16 Å². The molecule has 0 radical (unpaired) electrons. The molecule has 1 aromatic carbocycles. The number of nitrogens with two attached hydrogens (primary N) is 1. The predicted octanol–water partition coefficient (Wildman–Crippen LogP) is 3.22. The normalized spacial score (nSPS) is 10.7. The first-order valence-corrected chi connectivity index (χ1v) is 10.7. The van der Waals surface area contributed by atoms with Crippen molar-refractivity contribution in [3.05, 3.63) is 71.9 Å². The number of hydrogen-bond acceptors (Lipinski definition) is 7. The van der Waals surface area contributed by atoms with Crippen LogP contribution in [-0.4, -0.2) is 37.3 Å². The molecule has 0 unspecified atom stereocenters. The molecule has 4 aromatic rings. The number of aromatic nitrogens is 4. The summed E-state index contributed by atoms with van der Waals surface area (Å²) in [6, 6.07) is 15.0. The number of para-hydroxylation sites is 1. The van der Waals surface area contributed by atoms with Crippen molar-refractivity contribution in [1.82, 2.24) is 19.7 Å².